The van der Waals surface area contributed by atoms with Crippen LogP contribution in [0.2, 0.25) is 0 Å². The van der Waals surface area contributed by atoms with E-state index in [4.69, 9.17) is 0 Å². The molecule has 0 heterocycles. The molecule has 96 valence electrons. The Morgan fingerprint density at radius 2 is 1.71 bits per heavy atom. The number of halogens is 5. The van der Waals surface area contributed by atoms with Gasteiger partial charge in [-0.2, -0.15) is 8.78 Å². The Hall–Kier alpha value is -0.580. The lowest BCUT2D eigenvalue weighted by Crippen LogP contribution is -2.31. The highest BCUT2D eigenvalue weighted by molar-refractivity contribution is 9.09. The lowest BCUT2D eigenvalue weighted by molar-refractivity contribution is -0.127. The van der Waals surface area contributed by atoms with Crippen LogP contribution in [0.3, 0.4) is 0 Å². The van der Waals surface area contributed by atoms with Crippen LogP contribution in [0.25, 0.3) is 0 Å². The van der Waals surface area contributed by atoms with E-state index in [0.29, 0.717) is 0 Å². The van der Waals surface area contributed by atoms with Crippen LogP contribution in [0.5, 0.6) is 0 Å². The van der Waals surface area contributed by atoms with Crippen molar-refractivity contribution in [1.29, 1.82) is 0 Å². The number of hydrogen-bond acceptors (Lipinski definition) is 0. The summed E-state index contributed by atoms with van der Waals surface area (Å²) in [6.07, 6.45) is -1.88. The molecule has 1 aromatic rings. The topological polar surface area (TPSA) is 0 Å². The molecule has 1 unspecified atom stereocenters. The maximum atomic E-state index is 13.1. The van der Waals surface area contributed by atoms with E-state index in [1.54, 1.807) is 12.1 Å². The first-order valence-electron chi connectivity index (χ1n) is 5.28. The average molecular weight is 313 g/mol. The van der Waals surface area contributed by atoms with Gasteiger partial charge in [-0.25, -0.2) is 8.78 Å². The highest BCUT2D eigenvalue weighted by atomic mass is 79.9. The molecule has 0 aliphatic carbocycles. The normalized spacial score (nSPS) is 14.1. The molecule has 0 fully saturated rings. The van der Waals surface area contributed by atoms with Crippen LogP contribution in [-0.4, -0.2) is 12.3 Å². The lowest BCUT2D eigenvalue weighted by atomic mass is 10.0. The van der Waals surface area contributed by atoms with E-state index in [2.05, 4.69) is 15.9 Å². The van der Waals surface area contributed by atoms with Crippen molar-refractivity contribution in [3.63, 3.8) is 0 Å². The van der Waals surface area contributed by atoms with Crippen LogP contribution in [0.15, 0.2) is 24.3 Å². The van der Waals surface area contributed by atoms with Gasteiger partial charge in [0.15, 0.2) is 0 Å². The van der Waals surface area contributed by atoms with E-state index < -0.39 is 17.2 Å². The highest BCUT2D eigenvalue weighted by Crippen LogP contribution is 2.42. The molecule has 0 saturated heterocycles. The Bertz CT molecular complexity index is 348. The molecule has 0 nitrogen and oxygen atoms in total. The largest absolute Gasteiger partial charge is 0.323 e. The Balaban J connectivity index is 2.86. The van der Waals surface area contributed by atoms with Crippen LogP contribution in [-0.2, 0) is 6.42 Å². The van der Waals surface area contributed by atoms with Crippen molar-refractivity contribution in [2.75, 3.05) is 0 Å². The molecule has 0 radical (unpaired) electrons. The zero-order valence-corrected chi connectivity index (χ0v) is 10.9. The van der Waals surface area contributed by atoms with Crippen molar-refractivity contribution in [3.05, 3.63) is 35.4 Å². The Morgan fingerprint density at radius 3 is 2.12 bits per heavy atom. The Labute approximate surface area is 106 Å². The standard InChI is InChI=1S/C12H13BrF4/c1-2-3-8-4-6-9(7-5-8)10(13)12(16,17)11(14)15/h4-7,10-11H,2-3H2,1H3. The summed E-state index contributed by atoms with van der Waals surface area (Å²) in [4.78, 5) is -1.66. The SMILES string of the molecule is CCCc1ccc(C(Br)C(F)(F)C(F)F)cc1. The van der Waals surface area contributed by atoms with E-state index in [0.717, 1.165) is 18.4 Å². The van der Waals surface area contributed by atoms with Crippen molar-refractivity contribution in [2.24, 2.45) is 0 Å². The van der Waals surface area contributed by atoms with Crippen LogP contribution >= 0.6 is 15.9 Å². The summed E-state index contributed by atoms with van der Waals surface area (Å²) in [6.45, 7) is 2.01. The van der Waals surface area contributed by atoms with Gasteiger partial charge in [-0.3, -0.25) is 0 Å². The van der Waals surface area contributed by atoms with Gasteiger partial charge in [-0.05, 0) is 17.5 Å². The molecule has 5 heteroatoms. The van der Waals surface area contributed by atoms with Gasteiger partial charge in [0, 0.05) is 0 Å². The molecule has 0 N–H and O–H groups in total. The predicted molar refractivity (Wildman–Crippen MR) is 63.1 cm³/mol. The van der Waals surface area contributed by atoms with Crippen LogP contribution in [0.4, 0.5) is 17.6 Å². The molecule has 0 saturated carbocycles. The van der Waals surface area contributed by atoms with Gasteiger partial charge < -0.3 is 0 Å². The van der Waals surface area contributed by atoms with Gasteiger partial charge in [0.25, 0.3) is 0 Å². The number of alkyl halides is 5. The first kappa shape index (κ1) is 14.5. The molecule has 1 rings (SSSR count). The van der Waals surface area contributed by atoms with E-state index >= 15 is 0 Å². The third-order valence-corrected chi connectivity index (χ3v) is 3.58. The summed E-state index contributed by atoms with van der Waals surface area (Å²) in [5, 5.41) is 0. The van der Waals surface area contributed by atoms with Gasteiger partial charge in [0.2, 0.25) is 0 Å². The van der Waals surface area contributed by atoms with Crippen LogP contribution < -0.4 is 0 Å². The second-order valence-corrected chi connectivity index (χ2v) is 4.75. The minimum Gasteiger partial charge on any atom is -0.204 e. The summed E-state index contributed by atoms with van der Waals surface area (Å²) in [5.74, 6) is -4.06. The van der Waals surface area contributed by atoms with Crippen molar-refractivity contribution in [3.8, 4) is 0 Å². The molecule has 1 atom stereocenters. The van der Waals surface area contributed by atoms with E-state index in [-0.39, 0.29) is 5.56 Å². The van der Waals surface area contributed by atoms with Gasteiger partial charge in [-0.1, -0.05) is 53.5 Å². The molecule has 0 bridgehead atoms. The van der Waals surface area contributed by atoms with E-state index in [9.17, 15) is 17.6 Å². The molecule has 0 amide bonds. The molecular formula is C12H13BrF4. The van der Waals surface area contributed by atoms with E-state index in [1.165, 1.54) is 12.1 Å². The Kier molecular flexibility index (Phi) is 4.98. The molecule has 0 aliphatic rings. The zero-order chi connectivity index (χ0) is 13.1. The number of aryl methyl sites for hydroxylation is 1. The average Bonchev–Trinajstić information content (AvgIpc) is 2.29. The molecule has 0 aromatic heterocycles. The second kappa shape index (κ2) is 5.85. The lowest BCUT2D eigenvalue weighted by Gasteiger charge is -2.21. The maximum absolute atomic E-state index is 13.1. The minimum atomic E-state index is -4.06. The molecule has 1 aromatic carbocycles. The summed E-state index contributed by atoms with van der Waals surface area (Å²) in [7, 11) is 0. The number of benzene rings is 1. The maximum Gasteiger partial charge on any atom is 0.323 e. The van der Waals surface area contributed by atoms with E-state index in [1.807, 2.05) is 6.92 Å². The summed E-state index contributed by atoms with van der Waals surface area (Å²) < 4.78 is 50.5. The fourth-order valence-corrected chi connectivity index (χ4v) is 1.98. The van der Waals surface area contributed by atoms with Gasteiger partial charge >= 0.3 is 12.3 Å². The molecule has 17 heavy (non-hydrogen) atoms. The highest BCUT2D eigenvalue weighted by Gasteiger charge is 2.48. The fraction of sp³-hybridized carbons (Fsp3) is 0.500. The second-order valence-electron chi connectivity index (χ2n) is 3.83. The quantitative estimate of drug-likeness (QED) is 0.531. The molecular weight excluding hydrogens is 300 g/mol. The van der Waals surface area contributed by atoms with Crippen molar-refractivity contribution < 1.29 is 17.6 Å². The smallest absolute Gasteiger partial charge is 0.204 e. The third-order valence-electron chi connectivity index (χ3n) is 2.44. The van der Waals surface area contributed by atoms with Crippen molar-refractivity contribution in [1.82, 2.24) is 0 Å². The monoisotopic (exact) mass is 312 g/mol. The minimum absolute atomic E-state index is 0.162. The first-order chi connectivity index (χ1) is 7.89. The zero-order valence-electron chi connectivity index (χ0n) is 9.27. The summed E-state index contributed by atoms with van der Waals surface area (Å²) in [6, 6.07) is 6.30. The van der Waals surface area contributed by atoms with Gasteiger partial charge in [0.05, 0.1) is 0 Å². The van der Waals surface area contributed by atoms with Crippen LogP contribution in [0, 0.1) is 0 Å². The van der Waals surface area contributed by atoms with Crippen LogP contribution in [0.1, 0.15) is 29.3 Å². The molecule has 0 spiro atoms. The molecule has 0 aliphatic heterocycles. The third kappa shape index (κ3) is 3.44. The number of rotatable bonds is 5. The number of hydrogen-bond donors (Lipinski definition) is 0. The first-order valence-corrected chi connectivity index (χ1v) is 6.20. The van der Waals surface area contributed by atoms with Crippen molar-refractivity contribution in [2.45, 2.75) is 36.9 Å². The van der Waals surface area contributed by atoms with Crippen molar-refractivity contribution >= 4 is 15.9 Å². The van der Waals surface area contributed by atoms with Gasteiger partial charge in [0.1, 0.15) is 4.83 Å². The van der Waals surface area contributed by atoms with Gasteiger partial charge in [-0.15, -0.1) is 0 Å². The summed E-state index contributed by atoms with van der Waals surface area (Å²) >= 11 is 2.64. The summed E-state index contributed by atoms with van der Waals surface area (Å²) in [5.41, 5.74) is 1.17. The Morgan fingerprint density at radius 1 is 1.18 bits per heavy atom. The fourth-order valence-electron chi connectivity index (χ4n) is 1.47. The predicted octanol–water partition coefficient (Wildman–Crippen LogP) is 4.98.